The van der Waals surface area contributed by atoms with Crippen LogP contribution in [0.15, 0.2) is 24.3 Å². The van der Waals surface area contributed by atoms with Gasteiger partial charge in [0.2, 0.25) is 18.2 Å². The van der Waals surface area contributed by atoms with Crippen molar-refractivity contribution in [2.45, 2.75) is 82.9 Å². The number of ether oxygens (including phenoxy) is 1. The average molecular weight is 546 g/mol. The number of rotatable bonds is 14. The smallest absolute Gasteiger partial charge is 0.389 e. The lowest BCUT2D eigenvalue weighted by molar-refractivity contribution is -0.149. The number of carbonyl (C=O) groups excluding carboxylic acids is 3. The molecule has 0 spiro atoms. The largest absolute Gasteiger partial charge is 0.508 e. The first-order chi connectivity index (χ1) is 17.9. The molecule has 1 fully saturated rings. The molecule has 0 bridgehead atoms. The summed E-state index contributed by atoms with van der Waals surface area (Å²) in [5.41, 5.74) is 0.607. The van der Waals surface area contributed by atoms with Crippen molar-refractivity contribution in [1.29, 1.82) is 0 Å². The third-order valence-electron chi connectivity index (χ3n) is 6.51. The number of hydrogen-bond donors (Lipinski definition) is 4. The zero-order chi connectivity index (χ0) is 28.5. The highest BCUT2D eigenvalue weighted by atomic mass is 19.4. The summed E-state index contributed by atoms with van der Waals surface area (Å²) in [5.74, 6) is -3.80. The van der Waals surface area contributed by atoms with Crippen LogP contribution in [0.3, 0.4) is 0 Å². The molecule has 13 heteroatoms. The lowest BCUT2D eigenvalue weighted by Crippen LogP contribution is -2.59. The second-order valence-corrected chi connectivity index (χ2v) is 9.33. The first-order valence-corrected chi connectivity index (χ1v) is 12.4. The highest BCUT2D eigenvalue weighted by Gasteiger charge is 2.37. The molecule has 10 nitrogen and oxygen atoms in total. The topological polar surface area (TPSA) is 145 Å². The van der Waals surface area contributed by atoms with Gasteiger partial charge in [-0.25, -0.2) is 4.79 Å². The van der Waals surface area contributed by atoms with E-state index in [1.165, 1.54) is 17.0 Å². The SMILES string of the molecule is CC[C@H](C)[C@H](NC(=O)[C@H](Cc1ccc(O)cc1)N(C=O)[C@@H]1CCCO1)C(=O)N[C@@H](CCC(F)(F)F)C(=O)O. The number of alkyl halides is 3. The van der Waals surface area contributed by atoms with E-state index in [9.17, 15) is 42.6 Å². The molecule has 0 saturated carbocycles. The van der Waals surface area contributed by atoms with Crippen LogP contribution >= 0.6 is 0 Å². The van der Waals surface area contributed by atoms with Gasteiger partial charge in [-0.1, -0.05) is 32.4 Å². The van der Waals surface area contributed by atoms with Gasteiger partial charge in [0.1, 0.15) is 30.1 Å². The number of hydrogen-bond acceptors (Lipinski definition) is 6. The summed E-state index contributed by atoms with van der Waals surface area (Å²) in [6, 6.07) is 1.78. The van der Waals surface area contributed by atoms with Crippen molar-refractivity contribution in [2.75, 3.05) is 6.61 Å². The van der Waals surface area contributed by atoms with E-state index in [1.54, 1.807) is 26.0 Å². The third kappa shape index (κ3) is 9.19. The first-order valence-electron chi connectivity index (χ1n) is 12.4. The van der Waals surface area contributed by atoms with Crippen molar-refractivity contribution < 1.29 is 47.3 Å². The number of benzene rings is 1. The number of aromatic hydroxyl groups is 1. The van der Waals surface area contributed by atoms with E-state index in [-0.39, 0.29) is 12.2 Å². The van der Waals surface area contributed by atoms with E-state index < -0.39 is 67.1 Å². The van der Waals surface area contributed by atoms with Crippen LogP contribution in [0.2, 0.25) is 0 Å². The molecule has 0 aromatic heterocycles. The predicted molar refractivity (Wildman–Crippen MR) is 129 cm³/mol. The number of halogens is 3. The molecule has 0 radical (unpaired) electrons. The molecule has 1 saturated heterocycles. The van der Waals surface area contributed by atoms with Crippen LogP contribution in [0.5, 0.6) is 5.75 Å². The standard InChI is InChI=1S/C25H34F3N3O7/c1-3-15(2)21(23(35)29-18(24(36)37)10-11-25(26,27)28)30-22(34)19(13-16-6-8-17(33)9-7-16)31(14-32)20-5-4-12-38-20/h6-9,14-15,18-21,33H,3-5,10-13H2,1-2H3,(H,29,35)(H,30,34)(H,36,37)/t15-,18-,19-,20-,21-/m0/s1. The second kappa shape index (κ2) is 14.0. The summed E-state index contributed by atoms with van der Waals surface area (Å²) in [5, 5.41) is 23.6. The van der Waals surface area contributed by atoms with Crippen LogP contribution in [-0.2, 0) is 30.3 Å². The van der Waals surface area contributed by atoms with E-state index in [4.69, 9.17) is 4.74 Å². The van der Waals surface area contributed by atoms with Crippen LogP contribution in [-0.4, -0.2) is 76.4 Å². The fourth-order valence-electron chi connectivity index (χ4n) is 4.10. The Morgan fingerprint density at radius 1 is 1.18 bits per heavy atom. The van der Waals surface area contributed by atoms with Crippen LogP contribution < -0.4 is 10.6 Å². The predicted octanol–water partition coefficient (Wildman–Crippen LogP) is 2.34. The van der Waals surface area contributed by atoms with E-state index in [0.717, 1.165) is 0 Å². The lowest BCUT2D eigenvalue weighted by Gasteiger charge is -2.34. The molecular formula is C25H34F3N3O7. The van der Waals surface area contributed by atoms with Gasteiger partial charge in [0, 0.05) is 19.4 Å². The zero-order valence-electron chi connectivity index (χ0n) is 21.2. The van der Waals surface area contributed by atoms with Gasteiger partial charge in [-0.2, -0.15) is 13.2 Å². The Labute approximate surface area is 218 Å². The Hall–Kier alpha value is -3.35. The molecule has 38 heavy (non-hydrogen) atoms. The van der Waals surface area contributed by atoms with Crippen LogP contribution in [0.4, 0.5) is 13.2 Å². The number of carboxylic acids is 1. The Morgan fingerprint density at radius 3 is 2.34 bits per heavy atom. The number of carbonyl (C=O) groups is 4. The number of phenolic OH excluding ortho intramolecular Hbond substituents is 1. The Bertz CT molecular complexity index is 953. The number of amides is 3. The molecule has 1 aromatic rings. The van der Waals surface area contributed by atoms with Gasteiger partial charge in [0.15, 0.2) is 0 Å². The normalized spacial score (nSPS) is 18.6. The van der Waals surface area contributed by atoms with Crippen LogP contribution in [0.1, 0.15) is 51.5 Å². The first kappa shape index (κ1) is 30.9. The zero-order valence-corrected chi connectivity index (χ0v) is 21.2. The molecule has 212 valence electrons. The number of nitrogens with zero attached hydrogens (tertiary/aromatic N) is 1. The molecule has 2 rings (SSSR count). The molecule has 1 heterocycles. The van der Waals surface area contributed by atoms with Crippen molar-refractivity contribution in [3.05, 3.63) is 29.8 Å². The molecule has 5 atom stereocenters. The summed E-state index contributed by atoms with van der Waals surface area (Å²) >= 11 is 0. The maximum atomic E-state index is 13.5. The molecule has 1 aliphatic heterocycles. The van der Waals surface area contributed by atoms with Gasteiger partial charge in [-0.05, 0) is 42.9 Å². The number of phenols is 1. The van der Waals surface area contributed by atoms with Crippen LogP contribution in [0.25, 0.3) is 0 Å². The van der Waals surface area contributed by atoms with Crippen LogP contribution in [0, 0.1) is 5.92 Å². The van der Waals surface area contributed by atoms with Crippen molar-refractivity contribution in [3.63, 3.8) is 0 Å². The Kier molecular flexibility index (Phi) is 11.4. The quantitative estimate of drug-likeness (QED) is 0.263. The summed E-state index contributed by atoms with van der Waals surface area (Å²) in [7, 11) is 0. The minimum atomic E-state index is -4.61. The van der Waals surface area contributed by atoms with E-state index in [0.29, 0.717) is 37.8 Å². The van der Waals surface area contributed by atoms with Gasteiger partial charge >= 0.3 is 12.1 Å². The maximum absolute atomic E-state index is 13.5. The Balaban J connectivity index is 2.28. The maximum Gasteiger partial charge on any atom is 0.389 e. The van der Waals surface area contributed by atoms with Gasteiger partial charge < -0.3 is 30.5 Å². The third-order valence-corrected chi connectivity index (χ3v) is 6.51. The second-order valence-electron chi connectivity index (χ2n) is 9.33. The fraction of sp³-hybridized carbons (Fsp3) is 0.600. The number of nitrogens with one attached hydrogen (secondary N) is 2. The molecule has 4 N–H and O–H groups in total. The van der Waals surface area contributed by atoms with E-state index >= 15 is 0 Å². The molecule has 1 aromatic carbocycles. The minimum absolute atomic E-state index is 0.00753. The van der Waals surface area contributed by atoms with Crippen molar-refractivity contribution in [1.82, 2.24) is 15.5 Å². The van der Waals surface area contributed by atoms with Gasteiger partial charge in [-0.15, -0.1) is 0 Å². The fourth-order valence-corrected chi connectivity index (χ4v) is 4.10. The molecule has 1 aliphatic rings. The van der Waals surface area contributed by atoms with E-state index in [2.05, 4.69) is 10.6 Å². The lowest BCUT2D eigenvalue weighted by atomic mass is 9.96. The highest BCUT2D eigenvalue weighted by Crippen LogP contribution is 2.23. The van der Waals surface area contributed by atoms with Crippen molar-refractivity contribution >= 4 is 24.2 Å². The molecule has 3 amide bonds. The summed E-state index contributed by atoms with van der Waals surface area (Å²) in [6.45, 7) is 3.75. The summed E-state index contributed by atoms with van der Waals surface area (Å²) < 4.78 is 43.5. The molecule has 0 unspecified atom stereocenters. The number of carboxylic acid groups (broad SMARTS) is 1. The minimum Gasteiger partial charge on any atom is -0.508 e. The number of aliphatic carboxylic acids is 1. The summed E-state index contributed by atoms with van der Waals surface area (Å²) in [4.78, 5) is 51.3. The Morgan fingerprint density at radius 2 is 1.84 bits per heavy atom. The van der Waals surface area contributed by atoms with Gasteiger partial charge in [0.05, 0.1) is 0 Å². The van der Waals surface area contributed by atoms with Crippen molar-refractivity contribution in [3.8, 4) is 5.75 Å². The monoisotopic (exact) mass is 545 g/mol. The molecular weight excluding hydrogens is 511 g/mol. The van der Waals surface area contributed by atoms with Gasteiger partial charge in [-0.3, -0.25) is 14.4 Å². The summed E-state index contributed by atoms with van der Waals surface area (Å²) in [6.07, 6.45) is -5.51. The highest BCUT2D eigenvalue weighted by molar-refractivity contribution is 5.92. The van der Waals surface area contributed by atoms with E-state index in [1.807, 2.05) is 0 Å². The molecule has 0 aliphatic carbocycles. The van der Waals surface area contributed by atoms with Gasteiger partial charge in [0.25, 0.3) is 0 Å². The van der Waals surface area contributed by atoms with Crippen molar-refractivity contribution in [2.24, 2.45) is 5.92 Å². The average Bonchev–Trinajstić information content (AvgIpc) is 3.39.